The fourth-order valence-corrected chi connectivity index (χ4v) is 2.71. The third-order valence-corrected chi connectivity index (χ3v) is 3.71. The topological polar surface area (TPSA) is 60.2 Å². The average molecular weight is 273 g/mol. The summed E-state index contributed by atoms with van der Waals surface area (Å²) in [6.07, 6.45) is 3.56. The van der Waals surface area contributed by atoms with Crippen LogP contribution in [0.2, 0.25) is 0 Å². The number of aryl methyl sites for hydroxylation is 2. The van der Waals surface area contributed by atoms with Gasteiger partial charge in [-0.2, -0.15) is 0 Å². The molecule has 0 radical (unpaired) electrons. The normalized spacial score (nSPS) is 17.8. The van der Waals surface area contributed by atoms with Gasteiger partial charge in [0, 0.05) is 13.0 Å². The van der Waals surface area contributed by atoms with Gasteiger partial charge in [-0.05, 0) is 49.6 Å². The van der Waals surface area contributed by atoms with Crippen molar-refractivity contribution >= 4 is 0 Å². The molecule has 0 saturated carbocycles. The second-order valence-electron chi connectivity index (χ2n) is 5.10. The number of aromatic nitrogens is 2. The van der Waals surface area contributed by atoms with E-state index in [0.29, 0.717) is 24.4 Å². The monoisotopic (exact) mass is 273 g/mol. The van der Waals surface area contributed by atoms with Crippen LogP contribution in [-0.2, 0) is 13.0 Å². The number of nitrogens with one attached hydrogen (secondary N) is 1. The maximum absolute atomic E-state index is 5.74. The molecule has 0 amide bonds. The van der Waals surface area contributed by atoms with Gasteiger partial charge < -0.3 is 14.5 Å². The van der Waals surface area contributed by atoms with E-state index in [-0.39, 0.29) is 0 Å². The van der Waals surface area contributed by atoms with Crippen LogP contribution in [0.5, 0.6) is 5.75 Å². The van der Waals surface area contributed by atoms with Gasteiger partial charge in [-0.25, -0.2) is 0 Å². The summed E-state index contributed by atoms with van der Waals surface area (Å²) in [5, 5.41) is 11.1. The number of fused-ring (bicyclic) bond motifs is 1. The molecule has 0 spiro atoms. The molecule has 5 heteroatoms. The first-order valence-electron chi connectivity index (χ1n) is 6.98. The molecule has 106 valence electrons. The van der Waals surface area contributed by atoms with Gasteiger partial charge in [0.15, 0.2) is 6.61 Å². The summed E-state index contributed by atoms with van der Waals surface area (Å²) in [6.45, 7) is 2.08. The SMILES string of the molecule is CNC1CCCc2ccc(OCc3nnc(C)o3)cc21. The van der Waals surface area contributed by atoms with Crippen molar-refractivity contribution in [2.75, 3.05) is 7.05 Å². The first-order valence-corrected chi connectivity index (χ1v) is 6.98. The zero-order chi connectivity index (χ0) is 13.9. The van der Waals surface area contributed by atoms with Crippen LogP contribution >= 0.6 is 0 Å². The molecule has 1 aliphatic carbocycles. The summed E-state index contributed by atoms with van der Waals surface area (Å²) in [5.41, 5.74) is 2.76. The summed E-state index contributed by atoms with van der Waals surface area (Å²) >= 11 is 0. The molecule has 0 fully saturated rings. The third-order valence-electron chi connectivity index (χ3n) is 3.71. The molecule has 1 aromatic heterocycles. The summed E-state index contributed by atoms with van der Waals surface area (Å²) < 4.78 is 11.0. The second kappa shape index (κ2) is 5.63. The van der Waals surface area contributed by atoms with Crippen LogP contribution < -0.4 is 10.1 Å². The summed E-state index contributed by atoms with van der Waals surface area (Å²) in [6, 6.07) is 6.72. The molecule has 0 bridgehead atoms. The number of hydrogen-bond acceptors (Lipinski definition) is 5. The highest BCUT2D eigenvalue weighted by Gasteiger charge is 2.19. The van der Waals surface area contributed by atoms with E-state index in [4.69, 9.17) is 9.15 Å². The minimum absolute atomic E-state index is 0.309. The predicted octanol–water partition coefficient (Wildman–Crippen LogP) is 2.55. The molecule has 3 rings (SSSR count). The summed E-state index contributed by atoms with van der Waals surface area (Å²) in [7, 11) is 2.01. The van der Waals surface area contributed by atoms with Gasteiger partial charge in [-0.1, -0.05) is 6.07 Å². The number of rotatable bonds is 4. The Morgan fingerprint density at radius 1 is 1.40 bits per heavy atom. The van der Waals surface area contributed by atoms with Crippen LogP contribution in [0.1, 0.15) is 41.8 Å². The fraction of sp³-hybridized carbons (Fsp3) is 0.467. The molecule has 0 saturated heterocycles. The van der Waals surface area contributed by atoms with Gasteiger partial charge in [0.2, 0.25) is 5.89 Å². The molecule has 1 atom stereocenters. The predicted molar refractivity (Wildman–Crippen MR) is 74.5 cm³/mol. The van der Waals surface area contributed by atoms with Crippen LogP contribution in [0.25, 0.3) is 0 Å². The van der Waals surface area contributed by atoms with E-state index in [1.54, 1.807) is 6.92 Å². The standard InChI is InChI=1S/C15H19N3O2/c1-10-17-18-15(20-10)9-19-12-7-6-11-4-3-5-14(16-2)13(11)8-12/h6-8,14,16H,3-5,9H2,1-2H3. The highest BCUT2D eigenvalue weighted by Crippen LogP contribution is 2.32. The lowest BCUT2D eigenvalue weighted by atomic mass is 9.87. The van der Waals surface area contributed by atoms with Gasteiger partial charge in [0.05, 0.1) is 0 Å². The first kappa shape index (κ1) is 13.1. The zero-order valence-corrected chi connectivity index (χ0v) is 11.8. The Balaban J connectivity index is 1.74. The molecule has 1 unspecified atom stereocenters. The highest BCUT2D eigenvalue weighted by atomic mass is 16.5. The number of benzene rings is 1. The Hall–Kier alpha value is -1.88. The van der Waals surface area contributed by atoms with Crippen LogP contribution in [-0.4, -0.2) is 17.2 Å². The number of hydrogen-bond donors (Lipinski definition) is 1. The van der Waals surface area contributed by atoms with Crippen molar-refractivity contribution in [2.45, 2.75) is 38.8 Å². The Labute approximate surface area is 118 Å². The Morgan fingerprint density at radius 3 is 3.05 bits per heavy atom. The van der Waals surface area contributed by atoms with E-state index in [0.717, 1.165) is 12.2 Å². The van der Waals surface area contributed by atoms with Gasteiger partial charge in [-0.15, -0.1) is 10.2 Å². The van der Waals surface area contributed by atoms with E-state index in [1.165, 1.54) is 24.0 Å². The lowest BCUT2D eigenvalue weighted by Gasteiger charge is -2.25. The van der Waals surface area contributed by atoms with Crippen molar-refractivity contribution in [2.24, 2.45) is 0 Å². The molecule has 0 aliphatic heterocycles. The molecule has 1 N–H and O–H groups in total. The Kier molecular flexibility index (Phi) is 3.69. The third kappa shape index (κ3) is 2.67. The van der Waals surface area contributed by atoms with Crippen LogP contribution in [0.15, 0.2) is 22.6 Å². The van der Waals surface area contributed by atoms with Gasteiger partial charge >= 0.3 is 0 Å². The molecule has 5 nitrogen and oxygen atoms in total. The van der Waals surface area contributed by atoms with E-state index in [9.17, 15) is 0 Å². The number of ether oxygens (including phenoxy) is 1. The quantitative estimate of drug-likeness (QED) is 0.927. The van der Waals surface area contributed by atoms with E-state index < -0.39 is 0 Å². The molecule has 20 heavy (non-hydrogen) atoms. The molecule has 2 aromatic rings. The van der Waals surface area contributed by atoms with Crippen molar-refractivity contribution in [3.05, 3.63) is 41.1 Å². The molecule has 1 aliphatic rings. The smallest absolute Gasteiger partial charge is 0.253 e. The fourth-order valence-electron chi connectivity index (χ4n) is 2.71. The van der Waals surface area contributed by atoms with E-state index in [2.05, 4.69) is 27.6 Å². The molecule has 1 aromatic carbocycles. The minimum atomic E-state index is 0.309. The lowest BCUT2D eigenvalue weighted by Crippen LogP contribution is -2.21. The van der Waals surface area contributed by atoms with Gasteiger partial charge in [-0.3, -0.25) is 0 Å². The van der Waals surface area contributed by atoms with Crippen molar-refractivity contribution in [1.29, 1.82) is 0 Å². The van der Waals surface area contributed by atoms with E-state index in [1.807, 2.05) is 13.1 Å². The van der Waals surface area contributed by atoms with Crippen molar-refractivity contribution in [1.82, 2.24) is 15.5 Å². The zero-order valence-electron chi connectivity index (χ0n) is 11.8. The summed E-state index contributed by atoms with van der Waals surface area (Å²) in [4.78, 5) is 0. The molecular formula is C15H19N3O2. The van der Waals surface area contributed by atoms with Crippen LogP contribution in [0.3, 0.4) is 0 Å². The Morgan fingerprint density at radius 2 is 2.30 bits per heavy atom. The van der Waals surface area contributed by atoms with Crippen LogP contribution in [0.4, 0.5) is 0 Å². The molecule has 1 heterocycles. The second-order valence-corrected chi connectivity index (χ2v) is 5.10. The van der Waals surface area contributed by atoms with Crippen LogP contribution in [0, 0.1) is 6.92 Å². The maximum atomic E-state index is 5.74. The Bertz CT molecular complexity index is 595. The lowest BCUT2D eigenvalue weighted by molar-refractivity contribution is 0.259. The largest absolute Gasteiger partial charge is 0.484 e. The minimum Gasteiger partial charge on any atom is -0.484 e. The average Bonchev–Trinajstić information content (AvgIpc) is 2.90. The van der Waals surface area contributed by atoms with Crippen molar-refractivity contribution < 1.29 is 9.15 Å². The maximum Gasteiger partial charge on any atom is 0.253 e. The number of nitrogens with zero attached hydrogens (tertiary/aromatic N) is 2. The highest BCUT2D eigenvalue weighted by molar-refractivity contribution is 5.39. The van der Waals surface area contributed by atoms with Crippen molar-refractivity contribution in [3.8, 4) is 5.75 Å². The molecular weight excluding hydrogens is 254 g/mol. The summed E-state index contributed by atoms with van der Waals surface area (Å²) in [5.74, 6) is 1.91. The first-order chi connectivity index (χ1) is 9.76. The van der Waals surface area contributed by atoms with Gasteiger partial charge in [0.1, 0.15) is 5.75 Å². The van der Waals surface area contributed by atoms with Crippen molar-refractivity contribution in [3.63, 3.8) is 0 Å². The van der Waals surface area contributed by atoms with E-state index >= 15 is 0 Å². The van der Waals surface area contributed by atoms with Gasteiger partial charge in [0.25, 0.3) is 5.89 Å².